The van der Waals surface area contributed by atoms with Crippen molar-refractivity contribution in [1.82, 2.24) is 20.0 Å². The van der Waals surface area contributed by atoms with Crippen molar-refractivity contribution >= 4 is 5.91 Å². The van der Waals surface area contributed by atoms with E-state index < -0.39 is 11.6 Å². The topological polar surface area (TPSA) is 59.4 Å². The van der Waals surface area contributed by atoms with Gasteiger partial charge in [-0.15, -0.1) is 0 Å². The number of nitrogens with zero attached hydrogens (tertiary/aromatic N) is 3. The van der Waals surface area contributed by atoms with Crippen molar-refractivity contribution in [3.63, 3.8) is 0 Å². The number of amides is 1. The number of ether oxygens (including phenoxy) is 1. The minimum atomic E-state index is -0.680. The number of methoxy groups -OCH3 is 1. The number of halogens is 2. The van der Waals surface area contributed by atoms with Crippen molar-refractivity contribution in [2.45, 2.75) is 19.4 Å². The summed E-state index contributed by atoms with van der Waals surface area (Å²) in [6.45, 7) is 2.76. The van der Waals surface area contributed by atoms with E-state index in [1.807, 2.05) is 0 Å². The molecule has 0 saturated carbocycles. The van der Waals surface area contributed by atoms with Crippen molar-refractivity contribution in [1.29, 1.82) is 0 Å². The van der Waals surface area contributed by atoms with Crippen LogP contribution in [0.2, 0.25) is 0 Å². The summed E-state index contributed by atoms with van der Waals surface area (Å²) in [5.74, 6) is -1.43. The fraction of sp³-hybridized carbons (Fsp3) is 0.474. The van der Waals surface area contributed by atoms with Gasteiger partial charge in [-0.3, -0.25) is 14.4 Å². The van der Waals surface area contributed by atoms with E-state index in [-0.39, 0.29) is 11.7 Å². The number of likely N-dealkylation sites (tertiary alicyclic amines) is 1. The third-order valence-electron chi connectivity index (χ3n) is 4.89. The molecule has 0 aliphatic carbocycles. The van der Waals surface area contributed by atoms with Gasteiger partial charge in [-0.05, 0) is 49.5 Å². The van der Waals surface area contributed by atoms with Crippen LogP contribution in [-0.4, -0.2) is 47.3 Å². The SMILES string of the molecule is COc1c(F)cc(CN2CCC(CNC(=O)c3cnn(C)c3)CC2)cc1F. The van der Waals surface area contributed by atoms with Gasteiger partial charge in [0.2, 0.25) is 0 Å². The fourth-order valence-electron chi connectivity index (χ4n) is 3.38. The van der Waals surface area contributed by atoms with Crippen LogP contribution in [0.25, 0.3) is 0 Å². The normalized spacial score (nSPS) is 15.7. The van der Waals surface area contributed by atoms with Crippen LogP contribution in [0, 0.1) is 17.6 Å². The smallest absolute Gasteiger partial charge is 0.254 e. The maximum Gasteiger partial charge on any atom is 0.254 e. The standard InChI is InChI=1S/C19H24F2N4O2/c1-24-12-15(10-23-24)19(26)22-9-13-3-5-25(6-4-13)11-14-7-16(20)18(27-2)17(21)8-14/h7-8,10,12-13H,3-6,9,11H2,1-2H3,(H,22,26). The highest BCUT2D eigenvalue weighted by Gasteiger charge is 2.21. The number of hydrogen-bond acceptors (Lipinski definition) is 4. The van der Waals surface area contributed by atoms with Crippen LogP contribution in [0.1, 0.15) is 28.8 Å². The Morgan fingerprint density at radius 1 is 1.30 bits per heavy atom. The summed E-state index contributed by atoms with van der Waals surface area (Å²) in [5.41, 5.74) is 1.15. The first-order valence-corrected chi connectivity index (χ1v) is 8.97. The maximum absolute atomic E-state index is 13.8. The molecule has 0 atom stereocenters. The molecule has 0 radical (unpaired) electrons. The number of aryl methyl sites for hydroxylation is 1. The fourth-order valence-corrected chi connectivity index (χ4v) is 3.38. The molecule has 0 spiro atoms. The third kappa shape index (κ3) is 4.82. The maximum atomic E-state index is 13.8. The lowest BCUT2D eigenvalue weighted by Crippen LogP contribution is -2.38. The van der Waals surface area contributed by atoms with Crippen LogP contribution in [-0.2, 0) is 13.6 Å². The van der Waals surface area contributed by atoms with Gasteiger partial charge in [0.05, 0.1) is 18.9 Å². The number of benzene rings is 1. The number of carbonyl (C=O) groups is 1. The predicted octanol–water partition coefficient (Wildman–Crippen LogP) is 2.35. The van der Waals surface area contributed by atoms with E-state index in [0.29, 0.717) is 30.1 Å². The van der Waals surface area contributed by atoms with Gasteiger partial charge < -0.3 is 10.1 Å². The average Bonchev–Trinajstić information content (AvgIpc) is 3.07. The molecule has 1 aliphatic rings. The molecule has 1 fully saturated rings. The van der Waals surface area contributed by atoms with Crippen LogP contribution in [0.4, 0.5) is 8.78 Å². The highest BCUT2D eigenvalue weighted by atomic mass is 19.1. The number of hydrogen-bond donors (Lipinski definition) is 1. The van der Waals surface area contributed by atoms with E-state index in [1.54, 1.807) is 24.1 Å². The highest BCUT2D eigenvalue weighted by molar-refractivity contribution is 5.93. The molecule has 0 unspecified atom stereocenters. The summed E-state index contributed by atoms with van der Waals surface area (Å²) in [4.78, 5) is 14.2. The second-order valence-electron chi connectivity index (χ2n) is 6.92. The largest absolute Gasteiger partial charge is 0.491 e. The van der Waals surface area contributed by atoms with Gasteiger partial charge in [0.1, 0.15) is 0 Å². The first-order chi connectivity index (χ1) is 13.0. The van der Waals surface area contributed by atoms with Crippen molar-refractivity contribution < 1.29 is 18.3 Å². The first-order valence-electron chi connectivity index (χ1n) is 8.97. The molecular formula is C19H24F2N4O2. The lowest BCUT2D eigenvalue weighted by molar-refractivity contribution is 0.0935. The van der Waals surface area contributed by atoms with E-state index in [4.69, 9.17) is 4.74 Å². The van der Waals surface area contributed by atoms with Crippen LogP contribution in [0.3, 0.4) is 0 Å². The van der Waals surface area contributed by atoms with Crippen LogP contribution in [0.5, 0.6) is 5.75 Å². The quantitative estimate of drug-likeness (QED) is 0.838. The van der Waals surface area contributed by atoms with Gasteiger partial charge in [-0.2, -0.15) is 5.10 Å². The van der Waals surface area contributed by atoms with Crippen LogP contribution in [0.15, 0.2) is 24.5 Å². The van der Waals surface area contributed by atoms with Crippen molar-refractivity contribution in [3.05, 3.63) is 47.3 Å². The molecule has 1 N–H and O–H groups in total. The molecule has 27 heavy (non-hydrogen) atoms. The Hall–Kier alpha value is -2.48. The number of nitrogens with one attached hydrogen (secondary N) is 1. The molecule has 1 amide bonds. The number of rotatable bonds is 6. The van der Waals surface area contributed by atoms with Gasteiger partial charge in [0.25, 0.3) is 5.91 Å². The van der Waals surface area contributed by atoms with Crippen molar-refractivity contribution in [2.75, 3.05) is 26.7 Å². The van der Waals surface area contributed by atoms with Crippen LogP contribution >= 0.6 is 0 Å². The Morgan fingerprint density at radius 2 is 1.96 bits per heavy atom. The zero-order valence-corrected chi connectivity index (χ0v) is 15.5. The van der Waals surface area contributed by atoms with E-state index in [0.717, 1.165) is 25.9 Å². The van der Waals surface area contributed by atoms with E-state index in [2.05, 4.69) is 15.3 Å². The molecule has 2 heterocycles. The van der Waals surface area contributed by atoms with Gasteiger partial charge in [-0.1, -0.05) is 0 Å². The summed E-state index contributed by atoms with van der Waals surface area (Å²) < 4.78 is 33.9. The molecule has 146 valence electrons. The molecule has 1 aromatic carbocycles. The Kier molecular flexibility index (Phi) is 6.05. The monoisotopic (exact) mass is 378 g/mol. The van der Waals surface area contributed by atoms with Crippen molar-refractivity contribution in [2.24, 2.45) is 13.0 Å². The Balaban J connectivity index is 1.46. The van der Waals surface area contributed by atoms with Gasteiger partial charge >= 0.3 is 0 Å². The third-order valence-corrected chi connectivity index (χ3v) is 4.89. The summed E-state index contributed by atoms with van der Waals surface area (Å²) in [6.07, 6.45) is 5.08. The van der Waals surface area contributed by atoms with E-state index >= 15 is 0 Å². The zero-order chi connectivity index (χ0) is 19.4. The minimum absolute atomic E-state index is 0.116. The molecule has 1 aliphatic heterocycles. The Bertz CT molecular complexity index is 778. The minimum Gasteiger partial charge on any atom is -0.491 e. The summed E-state index contributed by atoms with van der Waals surface area (Å²) in [6, 6.07) is 2.64. The van der Waals surface area contributed by atoms with E-state index in [1.165, 1.54) is 19.2 Å². The van der Waals surface area contributed by atoms with Crippen molar-refractivity contribution in [3.8, 4) is 5.75 Å². The number of carbonyl (C=O) groups excluding carboxylic acids is 1. The Labute approximate surface area is 157 Å². The second-order valence-corrected chi connectivity index (χ2v) is 6.92. The molecule has 0 bridgehead atoms. The summed E-state index contributed by atoms with van der Waals surface area (Å²) in [7, 11) is 3.02. The molecule has 6 nitrogen and oxygen atoms in total. The molecular weight excluding hydrogens is 354 g/mol. The highest BCUT2D eigenvalue weighted by Crippen LogP contribution is 2.25. The number of aromatic nitrogens is 2. The average molecular weight is 378 g/mol. The summed E-state index contributed by atoms with van der Waals surface area (Å²) in [5, 5.41) is 6.94. The molecule has 8 heteroatoms. The van der Waals surface area contributed by atoms with Gasteiger partial charge in [0.15, 0.2) is 17.4 Å². The Morgan fingerprint density at radius 3 is 2.52 bits per heavy atom. The predicted molar refractivity (Wildman–Crippen MR) is 96.5 cm³/mol. The zero-order valence-electron chi connectivity index (χ0n) is 15.5. The lowest BCUT2D eigenvalue weighted by Gasteiger charge is -2.32. The molecule has 1 aromatic heterocycles. The molecule has 3 rings (SSSR count). The van der Waals surface area contributed by atoms with Gasteiger partial charge in [-0.25, -0.2) is 8.78 Å². The second kappa shape index (κ2) is 8.47. The van der Waals surface area contributed by atoms with Gasteiger partial charge in [0, 0.05) is 26.3 Å². The van der Waals surface area contributed by atoms with Crippen LogP contribution < -0.4 is 10.1 Å². The first kappa shape index (κ1) is 19.3. The number of piperidine rings is 1. The molecule has 1 saturated heterocycles. The van der Waals surface area contributed by atoms with E-state index in [9.17, 15) is 13.6 Å². The lowest BCUT2D eigenvalue weighted by atomic mass is 9.96. The molecule has 2 aromatic rings. The summed E-state index contributed by atoms with van der Waals surface area (Å²) >= 11 is 0.